The van der Waals surface area contributed by atoms with Gasteiger partial charge < -0.3 is 9.73 Å². The molecule has 1 unspecified atom stereocenters. The van der Waals surface area contributed by atoms with E-state index >= 15 is 0 Å². The molecule has 1 aromatic carbocycles. The van der Waals surface area contributed by atoms with Crippen LogP contribution in [0.3, 0.4) is 0 Å². The van der Waals surface area contributed by atoms with Crippen molar-refractivity contribution in [3.05, 3.63) is 69.6 Å². The monoisotopic (exact) mass is 372 g/mol. The Balaban J connectivity index is 1.56. The van der Waals surface area contributed by atoms with Crippen LogP contribution in [-0.4, -0.2) is 10.9 Å². The molecule has 0 radical (unpaired) electrons. The number of nitrogens with one attached hydrogen (secondary N) is 1. The van der Waals surface area contributed by atoms with Crippen molar-refractivity contribution in [2.75, 3.05) is 0 Å². The quantitative estimate of drug-likeness (QED) is 0.609. The van der Waals surface area contributed by atoms with E-state index in [9.17, 15) is 4.79 Å². The number of aryl methyl sites for hydroxylation is 2. The molecule has 2 aromatic heterocycles. The van der Waals surface area contributed by atoms with Crippen LogP contribution in [0.15, 0.2) is 51.1 Å². The van der Waals surface area contributed by atoms with Crippen LogP contribution in [0.1, 0.15) is 45.5 Å². The summed E-state index contributed by atoms with van der Waals surface area (Å²) in [5, 5.41) is 6.13. The van der Waals surface area contributed by atoms with Crippen LogP contribution in [0.5, 0.6) is 0 Å². The summed E-state index contributed by atoms with van der Waals surface area (Å²) in [4.78, 5) is 17.9. The molecule has 2 heterocycles. The number of amides is 1. The molecule has 1 N–H and O–H groups in total. The van der Waals surface area contributed by atoms with Gasteiger partial charge in [-0.2, -0.15) is 0 Å². The first-order valence-corrected chi connectivity index (χ1v) is 9.89. The molecule has 25 heavy (non-hydrogen) atoms. The fourth-order valence-corrected chi connectivity index (χ4v) is 3.88. The number of hydrogen-bond acceptors (Lipinski definition) is 5. The summed E-state index contributed by atoms with van der Waals surface area (Å²) in [6.45, 7) is 5.81. The first kappa shape index (κ1) is 17.8. The summed E-state index contributed by atoms with van der Waals surface area (Å²) in [5.74, 6) is 2.34. The molecule has 130 valence electrons. The van der Waals surface area contributed by atoms with Gasteiger partial charge in [0.15, 0.2) is 0 Å². The molecule has 4 nitrogen and oxygen atoms in total. The molecular formula is C19H20N2O2S2. The van der Waals surface area contributed by atoms with E-state index in [1.807, 2.05) is 57.2 Å². The predicted octanol–water partition coefficient (Wildman–Crippen LogP) is 5.14. The molecule has 1 atom stereocenters. The van der Waals surface area contributed by atoms with Gasteiger partial charge in [-0.1, -0.05) is 0 Å². The number of nitrogens with zero attached hydrogens (tertiary/aromatic N) is 1. The van der Waals surface area contributed by atoms with Crippen molar-refractivity contribution < 1.29 is 9.21 Å². The number of carbonyl (C=O) groups is 1. The zero-order valence-electron chi connectivity index (χ0n) is 14.4. The van der Waals surface area contributed by atoms with E-state index in [2.05, 4.69) is 15.7 Å². The lowest BCUT2D eigenvalue weighted by atomic mass is 10.2. The second-order valence-electron chi connectivity index (χ2n) is 5.81. The molecule has 0 bridgehead atoms. The largest absolute Gasteiger partial charge is 0.464 e. The molecule has 0 fully saturated rings. The number of aromatic nitrogens is 1. The van der Waals surface area contributed by atoms with Crippen LogP contribution in [0.4, 0.5) is 0 Å². The van der Waals surface area contributed by atoms with E-state index in [0.29, 0.717) is 5.56 Å². The minimum atomic E-state index is -0.164. The van der Waals surface area contributed by atoms with Gasteiger partial charge >= 0.3 is 0 Å². The number of benzene rings is 1. The molecule has 0 spiro atoms. The van der Waals surface area contributed by atoms with Gasteiger partial charge in [0.2, 0.25) is 0 Å². The average Bonchev–Trinajstić information content (AvgIpc) is 3.21. The van der Waals surface area contributed by atoms with Crippen LogP contribution < -0.4 is 5.32 Å². The maximum absolute atomic E-state index is 12.4. The summed E-state index contributed by atoms with van der Waals surface area (Å²) in [7, 11) is 0. The third kappa shape index (κ3) is 4.74. The summed E-state index contributed by atoms with van der Waals surface area (Å²) >= 11 is 3.38. The first-order chi connectivity index (χ1) is 12.0. The highest BCUT2D eigenvalue weighted by molar-refractivity contribution is 7.98. The van der Waals surface area contributed by atoms with Crippen molar-refractivity contribution in [3.8, 4) is 0 Å². The lowest BCUT2D eigenvalue weighted by Crippen LogP contribution is -2.26. The highest BCUT2D eigenvalue weighted by Crippen LogP contribution is 2.24. The third-order valence-corrected chi connectivity index (χ3v) is 5.57. The van der Waals surface area contributed by atoms with Crippen molar-refractivity contribution in [1.82, 2.24) is 10.3 Å². The van der Waals surface area contributed by atoms with Crippen LogP contribution in [0.25, 0.3) is 0 Å². The highest BCUT2D eigenvalue weighted by Gasteiger charge is 2.14. The number of furan rings is 1. The van der Waals surface area contributed by atoms with Gasteiger partial charge in [-0.3, -0.25) is 4.79 Å². The second kappa shape index (κ2) is 7.89. The van der Waals surface area contributed by atoms with Crippen molar-refractivity contribution in [3.63, 3.8) is 0 Å². The zero-order valence-corrected chi connectivity index (χ0v) is 16.0. The van der Waals surface area contributed by atoms with Crippen LogP contribution >= 0.6 is 23.1 Å². The minimum Gasteiger partial charge on any atom is -0.464 e. The molecule has 1 amide bonds. The summed E-state index contributed by atoms with van der Waals surface area (Å²) in [6, 6.07) is 11.3. The molecule has 3 aromatic rings. The average molecular weight is 373 g/mol. The lowest BCUT2D eigenvalue weighted by molar-refractivity contribution is 0.0935. The van der Waals surface area contributed by atoms with E-state index < -0.39 is 0 Å². The fraction of sp³-hybridized carbons (Fsp3) is 0.263. The Morgan fingerprint density at radius 1 is 1.24 bits per heavy atom. The van der Waals surface area contributed by atoms with Gasteiger partial charge in [0, 0.05) is 21.6 Å². The molecule has 0 aliphatic rings. The van der Waals surface area contributed by atoms with Crippen molar-refractivity contribution in [2.45, 2.75) is 37.5 Å². The molecule has 0 saturated carbocycles. The van der Waals surface area contributed by atoms with Crippen LogP contribution in [0, 0.1) is 13.8 Å². The summed E-state index contributed by atoms with van der Waals surface area (Å²) < 4.78 is 5.55. The van der Waals surface area contributed by atoms with Crippen molar-refractivity contribution >= 4 is 29.0 Å². The van der Waals surface area contributed by atoms with Gasteiger partial charge in [0.1, 0.15) is 11.5 Å². The summed E-state index contributed by atoms with van der Waals surface area (Å²) in [5.41, 5.74) is 1.74. The minimum absolute atomic E-state index is 0.103. The lowest BCUT2D eigenvalue weighted by Gasteiger charge is -2.11. The molecule has 0 aliphatic carbocycles. The van der Waals surface area contributed by atoms with Crippen LogP contribution in [-0.2, 0) is 5.75 Å². The van der Waals surface area contributed by atoms with E-state index in [-0.39, 0.29) is 11.9 Å². The summed E-state index contributed by atoms with van der Waals surface area (Å²) in [6.07, 6.45) is 0. The van der Waals surface area contributed by atoms with Crippen molar-refractivity contribution in [1.29, 1.82) is 0 Å². The first-order valence-electron chi connectivity index (χ1n) is 8.02. The van der Waals surface area contributed by atoms with Gasteiger partial charge in [0.05, 0.1) is 16.7 Å². The van der Waals surface area contributed by atoms with Crippen molar-refractivity contribution in [2.24, 2.45) is 0 Å². The topological polar surface area (TPSA) is 55.1 Å². The third-order valence-electron chi connectivity index (χ3n) is 3.71. The standard InChI is InChI=1S/C19H20N2O2S2/c1-12-4-9-18(23-12)13(2)20-19(22)15-5-7-17(8-6-15)25-11-16-10-24-14(3)21-16/h4-10,13H,11H2,1-3H3,(H,20,22). The normalized spacial score (nSPS) is 12.1. The Labute approximate surface area is 155 Å². The number of thioether (sulfide) groups is 1. The van der Waals surface area contributed by atoms with Gasteiger partial charge in [-0.25, -0.2) is 4.98 Å². The van der Waals surface area contributed by atoms with Crippen LogP contribution in [0.2, 0.25) is 0 Å². The smallest absolute Gasteiger partial charge is 0.251 e. The Kier molecular flexibility index (Phi) is 5.60. The van der Waals surface area contributed by atoms with E-state index in [0.717, 1.165) is 32.9 Å². The second-order valence-corrected chi connectivity index (χ2v) is 7.93. The number of thiazole rings is 1. The molecule has 6 heteroatoms. The Hall–Kier alpha value is -2.05. The maximum Gasteiger partial charge on any atom is 0.251 e. The molecule has 0 saturated heterocycles. The number of rotatable bonds is 6. The maximum atomic E-state index is 12.4. The van der Waals surface area contributed by atoms with E-state index in [4.69, 9.17) is 4.42 Å². The SMILES string of the molecule is Cc1ccc(C(C)NC(=O)c2ccc(SCc3csc(C)n3)cc2)o1. The highest BCUT2D eigenvalue weighted by atomic mass is 32.2. The fourth-order valence-electron chi connectivity index (χ4n) is 2.37. The Bertz CT molecular complexity index is 852. The van der Waals surface area contributed by atoms with E-state index in [1.165, 1.54) is 0 Å². The van der Waals surface area contributed by atoms with Gasteiger partial charge in [0.25, 0.3) is 5.91 Å². The number of carbonyl (C=O) groups excluding carboxylic acids is 1. The Morgan fingerprint density at radius 2 is 2.00 bits per heavy atom. The Morgan fingerprint density at radius 3 is 2.60 bits per heavy atom. The zero-order chi connectivity index (χ0) is 17.8. The predicted molar refractivity (Wildman–Crippen MR) is 102 cm³/mol. The molecule has 3 rings (SSSR count). The number of hydrogen-bond donors (Lipinski definition) is 1. The van der Waals surface area contributed by atoms with Gasteiger partial charge in [-0.15, -0.1) is 23.1 Å². The van der Waals surface area contributed by atoms with E-state index in [1.54, 1.807) is 23.1 Å². The molecular weight excluding hydrogens is 352 g/mol. The van der Waals surface area contributed by atoms with Gasteiger partial charge in [-0.05, 0) is 57.2 Å². The molecule has 0 aliphatic heterocycles.